The Labute approximate surface area is 114 Å². The monoisotopic (exact) mass is 266 g/mol. The van der Waals surface area contributed by atoms with E-state index in [1.807, 2.05) is 0 Å². The van der Waals surface area contributed by atoms with Gasteiger partial charge in [-0.15, -0.1) is 0 Å². The summed E-state index contributed by atoms with van der Waals surface area (Å²) < 4.78 is 18.7. The maximum absolute atomic E-state index is 13.6. The Morgan fingerprint density at radius 2 is 2.11 bits per heavy atom. The minimum absolute atomic E-state index is 0.263. The Bertz CT molecular complexity index is 444. The maximum atomic E-state index is 13.6. The number of hydrogen-bond acceptors (Lipinski definition) is 3. The average molecular weight is 266 g/mol. The number of nitrogens with two attached hydrogens (primary N) is 1. The number of benzene rings is 1. The standard InChI is InChI=1S/C15H23FN2O/c1-10(2)6-7-18(11-4-5-11)14-9-15(19-3)12(16)8-13(14)17/h8-11H,4-7,17H2,1-3H3. The Morgan fingerprint density at radius 3 is 2.63 bits per heavy atom. The Balaban J connectivity index is 2.25. The van der Waals surface area contributed by atoms with E-state index in [1.54, 1.807) is 6.07 Å². The number of halogens is 1. The van der Waals surface area contributed by atoms with Gasteiger partial charge in [-0.3, -0.25) is 0 Å². The van der Waals surface area contributed by atoms with Gasteiger partial charge >= 0.3 is 0 Å². The minimum atomic E-state index is -0.400. The van der Waals surface area contributed by atoms with Crippen molar-refractivity contribution in [3.05, 3.63) is 17.9 Å². The van der Waals surface area contributed by atoms with E-state index in [2.05, 4.69) is 18.7 Å². The number of rotatable bonds is 6. The van der Waals surface area contributed by atoms with Crippen LogP contribution in [0.15, 0.2) is 12.1 Å². The molecule has 1 aromatic carbocycles. The molecular weight excluding hydrogens is 243 g/mol. The Kier molecular flexibility index (Phi) is 4.17. The lowest BCUT2D eigenvalue weighted by molar-refractivity contribution is 0.386. The molecule has 1 aliphatic carbocycles. The predicted molar refractivity (Wildman–Crippen MR) is 77.2 cm³/mol. The molecule has 0 aromatic heterocycles. The molecule has 1 aromatic rings. The van der Waals surface area contributed by atoms with Crippen LogP contribution in [0.5, 0.6) is 5.75 Å². The van der Waals surface area contributed by atoms with Gasteiger partial charge in [0, 0.05) is 24.7 Å². The molecule has 0 heterocycles. The fraction of sp³-hybridized carbons (Fsp3) is 0.600. The fourth-order valence-electron chi connectivity index (χ4n) is 2.25. The first-order chi connectivity index (χ1) is 9.02. The van der Waals surface area contributed by atoms with Crippen LogP contribution in [0.2, 0.25) is 0 Å². The molecule has 19 heavy (non-hydrogen) atoms. The summed E-state index contributed by atoms with van der Waals surface area (Å²) in [5.41, 5.74) is 7.38. The van der Waals surface area contributed by atoms with Crippen LogP contribution >= 0.6 is 0 Å². The van der Waals surface area contributed by atoms with Crippen LogP contribution < -0.4 is 15.4 Å². The van der Waals surface area contributed by atoms with Crippen LogP contribution in [0.3, 0.4) is 0 Å². The van der Waals surface area contributed by atoms with Crippen LogP contribution in [0.1, 0.15) is 33.1 Å². The van der Waals surface area contributed by atoms with Crippen LogP contribution in [-0.4, -0.2) is 19.7 Å². The van der Waals surface area contributed by atoms with E-state index in [-0.39, 0.29) is 5.75 Å². The zero-order valence-electron chi connectivity index (χ0n) is 11.9. The van der Waals surface area contributed by atoms with Crippen LogP contribution in [-0.2, 0) is 0 Å². The zero-order valence-corrected chi connectivity index (χ0v) is 11.9. The van der Waals surface area contributed by atoms with Crippen LogP contribution in [0, 0.1) is 11.7 Å². The highest BCUT2D eigenvalue weighted by molar-refractivity contribution is 5.71. The van der Waals surface area contributed by atoms with Crippen molar-refractivity contribution in [1.29, 1.82) is 0 Å². The summed E-state index contributed by atoms with van der Waals surface area (Å²) in [6.45, 7) is 5.38. The number of ether oxygens (including phenoxy) is 1. The fourth-order valence-corrected chi connectivity index (χ4v) is 2.25. The molecule has 2 rings (SSSR count). The lowest BCUT2D eigenvalue weighted by atomic mass is 10.1. The van der Waals surface area contributed by atoms with E-state index in [0.29, 0.717) is 17.6 Å². The van der Waals surface area contributed by atoms with Gasteiger partial charge in [0.25, 0.3) is 0 Å². The third-order valence-corrected chi connectivity index (χ3v) is 3.55. The van der Waals surface area contributed by atoms with Crippen molar-refractivity contribution in [2.45, 2.75) is 39.2 Å². The van der Waals surface area contributed by atoms with Crippen molar-refractivity contribution >= 4 is 11.4 Å². The van der Waals surface area contributed by atoms with Crippen molar-refractivity contribution in [1.82, 2.24) is 0 Å². The normalized spacial score (nSPS) is 14.8. The highest BCUT2D eigenvalue weighted by Crippen LogP contribution is 2.38. The molecule has 0 aliphatic heterocycles. The summed E-state index contributed by atoms with van der Waals surface area (Å²) in [6, 6.07) is 3.64. The molecule has 0 radical (unpaired) electrons. The summed E-state index contributed by atoms with van der Waals surface area (Å²) in [6.07, 6.45) is 3.49. The Hall–Kier alpha value is -1.45. The van der Waals surface area contributed by atoms with E-state index >= 15 is 0 Å². The van der Waals surface area contributed by atoms with Crippen LogP contribution in [0.25, 0.3) is 0 Å². The predicted octanol–water partition coefficient (Wildman–Crippen LogP) is 3.43. The maximum Gasteiger partial charge on any atom is 0.167 e. The number of anilines is 2. The summed E-state index contributed by atoms with van der Waals surface area (Å²) in [7, 11) is 1.48. The van der Waals surface area contributed by atoms with Gasteiger partial charge in [-0.1, -0.05) is 13.8 Å². The van der Waals surface area contributed by atoms with Crippen LogP contribution in [0.4, 0.5) is 15.8 Å². The van der Waals surface area contributed by atoms with Crippen molar-refractivity contribution in [3.63, 3.8) is 0 Å². The van der Waals surface area contributed by atoms with Gasteiger partial charge in [-0.05, 0) is 25.2 Å². The molecule has 3 nitrogen and oxygen atoms in total. The van der Waals surface area contributed by atoms with E-state index in [4.69, 9.17) is 10.5 Å². The highest BCUT2D eigenvalue weighted by atomic mass is 19.1. The molecule has 4 heteroatoms. The molecule has 1 fully saturated rings. The smallest absolute Gasteiger partial charge is 0.167 e. The van der Waals surface area contributed by atoms with Crippen molar-refractivity contribution in [2.75, 3.05) is 24.3 Å². The lowest BCUT2D eigenvalue weighted by Gasteiger charge is -2.27. The quantitative estimate of drug-likeness (QED) is 0.802. The molecule has 0 saturated heterocycles. The van der Waals surface area contributed by atoms with Gasteiger partial charge in [0.2, 0.25) is 0 Å². The second-order valence-corrected chi connectivity index (χ2v) is 5.65. The first-order valence-corrected chi connectivity index (χ1v) is 6.92. The van der Waals surface area contributed by atoms with Gasteiger partial charge in [0.1, 0.15) is 0 Å². The van der Waals surface area contributed by atoms with Gasteiger partial charge < -0.3 is 15.4 Å². The summed E-state index contributed by atoms with van der Waals surface area (Å²) in [4.78, 5) is 2.30. The summed E-state index contributed by atoms with van der Waals surface area (Å²) in [5, 5.41) is 0. The van der Waals surface area contributed by atoms with Crippen molar-refractivity contribution in [2.24, 2.45) is 5.92 Å². The molecule has 0 amide bonds. The Morgan fingerprint density at radius 1 is 1.42 bits per heavy atom. The van der Waals surface area contributed by atoms with Gasteiger partial charge in [-0.2, -0.15) is 0 Å². The molecule has 2 N–H and O–H groups in total. The van der Waals surface area contributed by atoms with Crippen molar-refractivity contribution < 1.29 is 9.13 Å². The number of methoxy groups -OCH3 is 1. The third-order valence-electron chi connectivity index (χ3n) is 3.55. The average Bonchev–Trinajstić information content (AvgIpc) is 3.15. The topological polar surface area (TPSA) is 38.5 Å². The van der Waals surface area contributed by atoms with Gasteiger partial charge in [0.15, 0.2) is 11.6 Å². The van der Waals surface area contributed by atoms with Gasteiger partial charge in [-0.25, -0.2) is 4.39 Å². The second-order valence-electron chi connectivity index (χ2n) is 5.65. The SMILES string of the molecule is COc1cc(N(CCC(C)C)C2CC2)c(N)cc1F. The third kappa shape index (κ3) is 3.31. The molecule has 1 aliphatic rings. The zero-order chi connectivity index (χ0) is 14.0. The molecular formula is C15H23FN2O. The molecule has 0 spiro atoms. The summed E-state index contributed by atoms with van der Waals surface area (Å²) >= 11 is 0. The minimum Gasteiger partial charge on any atom is -0.494 e. The van der Waals surface area contributed by atoms with Crippen molar-refractivity contribution in [3.8, 4) is 5.75 Å². The first-order valence-electron chi connectivity index (χ1n) is 6.92. The molecule has 0 atom stereocenters. The summed E-state index contributed by atoms with van der Waals surface area (Å²) in [5.74, 6) is 0.507. The number of nitrogens with zero attached hydrogens (tertiary/aromatic N) is 1. The van der Waals surface area contributed by atoms with Gasteiger partial charge in [0.05, 0.1) is 18.5 Å². The second kappa shape index (κ2) is 5.68. The largest absolute Gasteiger partial charge is 0.494 e. The molecule has 106 valence electrons. The lowest BCUT2D eigenvalue weighted by Crippen LogP contribution is -2.28. The highest BCUT2D eigenvalue weighted by Gasteiger charge is 2.30. The van der Waals surface area contributed by atoms with E-state index in [9.17, 15) is 4.39 Å². The first kappa shape index (κ1) is 14.0. The molecule has 1 saturated carbocycles. The van der Waals surface area contributed by atoms with E-state index in [1.165, 1.54) is 26.0 Å². The van der Waals surface area contributed by atoms with E-state index in [0.717, 1.165) is 18.7 Å². The van der Waals surface area contributed by atoms with E-state index < -0.39 is 5.82 Å². The molecule has 0 bridgehead atoms. The molecule has 0 unspecified atom stereocenters. The number of hydrogen-bond donors (Lipinski definition) is 1. The number of nitrogen functional groups attached to an aromatic ring is 1.